The summed E-state index contributed by atoms with van der Waals surface area (Å²) < 4.78 is 0. The first-order valence-electron chi connectivity index (χ1n) is 10.8. The molecule has 0 atom stereocenters. The Morgan fingerprint density at radius 3 is 1.77 bits per heavy atom. The van der Waals surface area contributed by atoms with Gasteiger partial charge in [-0.25, -0.2) is 0 Å². The number of aromatic nitrogens is 3. The number of benzene rings is 1. The normalized spacial score (nSPS) is 18.5. The number of nitrogens with zero attached hydrogens (tertiary/aromatic N) is 6. The van der Waals surface area contributed by atoms with Gasteiger partial charge in [-0.3, -0.25) is 10.1 Å². The van der Waals surface area contributed by atoms with E-state index in [1.165, 1.54) is 12.1 Å². The van der Waals surface area contributed by atoms with Crippen LogP contribution in [0, 0.1) is 22.0 Å². The van der Waals surface area contributed by atoms with E-state index in [2.05, 4.69) is 38.9 Å². The number of hydrogen-bond donors (Lipinski definition) is 1. The van der Waals surface area contributed by atoms with E-state index in [1.54, 1.807) is 12.1 Å². The molecule has 0 unspecified atom stereocenters. The van der Waals surface area contributed by atoms with Gasteiger partial charge in [0.15, 0.2) is 0 Å². The molecule has 1 aromatic carbocycles. The van der Waals surface area contributed by atoms with Gasteiger partial charge in [-0.1, -0.05) is 13.8 Å². The average Bonchev–Trinajstić information content (AvgIpc) is 2.75. The molecule has 9 nitrogen and oxygen atoms in total. The second kappa shape index (κ2) is 8.81. The average molecular weight is 412 g/mol. The maximum absolute atomic E-state index is 10.9. The van der Waals surface area contributed by atoms with Crippen molar-refractivity contribution in [3.05, 3.63) is 34.4 Å². The lowest BCUT2D eigenvalue weighted by Gasteiger charge is -2.33. The molecule has 2 fully saturated rings. The number of non-ortho nitro benzene ring substituents is 1. The van der Waals surface area contributed by atoms with Crippen molar-refractivity contribution < 1.29 is 4.92 Å². The first kappa shape index (κ1) is 20.3. The maximum atomic E-state index is 10.9. The molecule has 2 aliphatic heterocycles. The van der Waals surface area contributed by atoms with Crippen LogP contribution >= 0.6 is 0 Å². The van der Waals surface area contributed by atoms with Crippen molar-refractivity contribution in [2.75, 3.05) is 41.3 Å². The lowest BCUT2D eigenvalue weighted by atomic mass is 9.99. The highest BCUT2D eigenvalue weighted by Gasteiger charge is 2.23. The summed E-state index contributed by atoms with van der Waals surface area (Å²) >= 11 is 0. The zero-order valence-corrected chi connectivity index (χ0v) is 17.6. The van der Waals surface area contributed by atoms with Crippen LogP contribution in [0.4, 0.5) is 29.2 Å². The van der Waals surface area contributed by atoms with Gasteiger partial charge in [0.25, 0.3) is 5.69 Å². The van der Waals surface area contributed by atoms with Crippen molar-refractivity contribution in [3.63, 3.8) is 0 Å². The van der Waals surface area contributed by atoms with Crippen molar-refractivity contribution in [2.45, 2.75) is 39.5 Å². The minimum Gasteiger partial charge on any atom is -0.341 e. The third kappa shape index (κ3) is 4.77. The summed E-state index contributed by atoms with van der Waals surface area (Å²) in [5.41, 5.74) is 0.769. The van der Waals surface area contributed by atoms with Crippen molar-refractivity contribution in [2.24, 2.45) is 11.8 Å². The Hall–Kier alpha value is -2.97. The van der Waals surface area contributed by atoms with Gasteiger partial charge in [-0.05, 0) is 49.7 Å². The predicted octanol–water partition coefficient (Wildman–Crippen LogP) is 4.00. The molecule has 0 bridgehead atoms. The zero-order valence-electron chi connectivity index (χ0n) is 17.6. The van der Waals surface area contributed by atoms with Crippen LogP contribution in [-0.4, -0.2) is 46.1 Å². The highest BCUT2D eigenvalue weighted by molar-refractivity contribution is 5.58. The number of nitrogens with one attached hydrogen (secondary N) is 1. The van der Waals surface area contributed by atoms with E-state index in [-0.39, 0.29) is 5.69 Å². The highest BCUT2D eigenvalue weighted by atomic mass is 16.6. The van der Waals surface area contributed by atoms with Crippen LogP contribution in [0.3, 0.4) is 0 Å². The molecule has 160 valence electrons. The molecule has 2 saturated heterocycles. The fourth-order valence-electron chi connectivity index (χ4n) is 3.91. The minimum absolute atomic E-state index is 0.0578. The molecule has 30 heavy (non-hydrogen) atoms. The summed E-state index contributed by atoms with van der Waals surface area (Å²) in [5, 5.41) is 14.1. The number of hydrogen-bond acceptors (Lipinski definition) is 8. The van der Waals surface area contributed by atoms with Crippen LogP contribution in [0.25, 0.3) is 0 Å². The Morgan fingerprint density at radius 2 is 1.33 bits per heavy atom. The lowest BCUT2D eigenvalue weighted by Crippen LogP contribution is -2.37. The topological polar surface area (TPSA) is 100 Å². The largest absolute Gasteiger partial charge is 0.341 e. The van der Waals surface area contributed by atoms with Gasteiger partial charge in [-0.2, -0.15) is 15.0 Å². The van der Waals surface area contributed by atoms with Crippen molar-refractivity contribution in [1.82, 2.24) is 15.0 Å². The van der Waals surface area contributed by atoms with Crippen LogP contribution in [0.5, 0.6) is 0 Å². The molecule has 9 heteroatoms. The van der Waals surface area contributed by atoms with E-state index in [4.69, 9.17) is 4.98 Å². The van der Waals surface area contributed by atoms with Gasteiger partial charge < -0.3 is 15.1 Å². The second-order valence-corrected chi connectivity index (χ2v) is 8.53. The molecule has 3 heterocycles. The molecular formula is C21H29N7O2. The molecule has 0 spiro atoms. The third-order valence-electron chi connectivity index (χ3n) is 6.08. The van der Waals surface area contributed by atoms with E-state index in [0.717, 1.165) is 63.7 Å². The SMILES string of the molecule is CC1CCN(c2nc(Nc3ccc([N+](=O)[O-])cc3)nc(N3CCC(C)CC3)n2)CC1. The number of rotatable bonds is 5. The highest BCUT2D eigenvalue weighted by Crippen LogP contribution is 2.26. The van der Waals surface area contributed by atoms with E-state index in [0.29, 0.717) is 23.5 Å². The molecule has 0 aliphatic carbocycles. The number of nitro groups is 1. The van der Waals surface area contributed by atoms with Crippen molar-refractivity contribution >= 4 is 29.2 Å². The molecular weight excluding hydrogens is 382 g/mol. The molecule has 2 aromatic rings. The maximum Gasteiger partial charge on any atom is 0.269 e. The summed E-state index contributed by atoms with van der Waals surface area (Å²) in [6, 6.07) is 6.30. The van der Waals surface area contributed by atoms with Crippen LogP contribution in [-0.2, 0) is 0 Å². The fraction of sp³-hybridized carbons (Fsp3) is 0.571. The number of anilines is 4. The van der Waals surface area contributed by atoms with Crippen molar-refractivity contribution in [1.29, 1.82) is 0 Å². The standard InChI is InChI=1S/C21H29N7O2/c1-15-7-11-26(12-8-15)20-23-19(22-17-3-5-18(6-4-17)28(29)30)24-21(25-20)27-13-9-16(2)10-14-27/h3-6,15-16H,7-14H2,1-2H3,(H,22,23,24,25). The fourth-order valence-corrected chi connectivity index (χ4v) is 3.91. The molecule has 1 aromatic heterocycles. The van der Waals surface area contributed by atoms with Crippen LogP contribution < -0.4 is 15.1 Å². The Morgan fingerprint density at radius 1 is 0.867 bits per heavy atom. The van der Waals surface area contributed by atoms with Gasteiger partial charge in [0.05, 0.1) is 4.92 Å². The van der Waals surface area contributed by atoms with E-state index in [1.807, 2.05) is 0 Å². The van der Waals surface area contributed by atoms with Crippen LogP contribution in [0.1, 0.15) is 39.5 Å². The smallest absolute Gasteiger partial charge is 0.269 e. The third-order valence-corrected chi connectivity index (χ3v) is 6.08. The Bertz CT molecular complexity index is 833. The number of piperidine rings is 2. The van der Waals surface area contributed by atoms with Crippen LogP contribution in [0.15, 0.2) is 24.3 Å². The molecule has 4 rings (SSSR count). The molecule has 2 aliphatic rings. The van der Waals surface area contributed by atoms with Gasteiger partial charge in [0.2, 0.25) is 17.8 Å². The van der Waals surface area contributed by atoms with Gasteiger partial charge in [0, 0.05) is 44.0 Å². The Balaban J connectivity index is 1.60. The molecule has 0 radical (unpaired) electrons. The Kier molecular flexibility index (Phi) is 5.96. The van der Waals surface area contributed by atoms with Gasteiger partial charge >= 0.3 is 0 Å². The zero-order chi connectivity index (χ0) is 21.1. The van der Waals surface area contributed by atoms with Crippen LogP contribution in [0.2, 0.25) is 0 Å². The van der Waals surface area contributed by atoms with Gasteiger partial charge in [-0.15, -0.1) is 0 Å². The summed E-state index contributed by atoms with van der Waals surface area (Å²) in [6.45, 7) is 8.34. The Labute approximate surface area is 176 Å². The summed E-state index contributed by atoms with van der Waals surface area (Å²) in [6.07, 6.45) is 4.53. The number of nitro benzene ring substituents is 1. The minimum atomic E-state index is -0.405. The lowest BCUT2D eigenvalue weighted by molar-refractivity contribution is -0.384. The monoisotopic (exact) mass is 411 g/mol. The molecule has 0 saturated carbocycles. The first-order chi connectivity index (χ1) is 14.5. The van der Waals surface area contributed by atoms with Crippen molar-refractivity contribution in [3.8, 4) is 0 Å². The summed E-state index contributed by atoms with van der Waals surface area (Å²) in [5.74, 6) is 3.33. The quantitative estimate of drug-likeness (QED) is 0.582. The van der Waals surface area contributed by atoms with Gasteiger partial charge in [0.1, 0.15) is 0 Å². The van der Waals surface area contributed by atoms with E-state index >= 15 is 0 Å². The molecule has 1 N–H and O–H groups in total. The van der Waals surface area contributed by atoms with E-state index in [9.17, 15) is 10.1 Å². The van der Waals surface area contributed by atoms with E-state index < -0.39 is 4.92 Å². The molecule has 0 amide bonds. The summed E-state index contributed by atoms with van der Waals surface area (Å²) in [4.78, 5) is 29.1. The predicted molar refractivity (Wildman–Crippen MR) is 117 cm³/mol. The second-order valence-electron chi connectivity index (χ2n) is 8.53. The summed E-state index contributed by atoms with van der Waals surface area (Å²) in [7, 11) is 0. The first-order valence-corrected chi connectivity index (χ1v) is 10.8.